The fourth-order valence-corrected chi connectivity index (χ4v) is 2.63. The number of nitro groups is 1. The van der Waals surface area contributed by atoms with Crippen LogP contribution in [0.25, 0.3) is 0 Å². The number of amides is 4. The highest BCUT2D eigenvalue weighted by molar-refractivity contribution is 6.05. The van der Waals surface area contributed by atoms with Crippen molar-refractivity contribution in [1.82, 2.24) is 10.2 Å². The molecule has 25 heavy (non-hydrogen) atoms. The van der Waals surface area contributed by atoms with Crippen LogP contribution in [0.3, 0.4) is 0 Å². The van der Waals surface area contributed by atoms with E-state index in [1.165, 1.54) is 25.1 Å². The number of nitro benzene ring substituents is 1. The number of hydrogen-bond acceptors (Lipinski definition) is 5. The molecule has 1 N–H and O–H groups in total. The Kier molecular flexibility index (Phi) is 5.44. The summed E-state index contributed by atoms with van der Waals surface area (Å²) in [5.41, 5.74) is 0.411. The van der Waals surface area contributed by atoms with Gasteiger partial charge in [-0.3, -0.25) is 10.1 Å². The largest absolute Gasteiger partial charge is 0.352 e. The number of aliphatic imine (C=N–C) groups is 1. The van der Waals surface area contributed by atoms with Gasteiger partial charge in [0.1, 0.15) is 5.92 Å². The van der Waals surface area contributed by atoms with Gasteiger partial charge in [0.15, 0.2) is 0 Å². The summed E-state index contributed by atoms with van der Waals surface area (Å²) in [6.45, 7) is 3.73. The molecule has 2 unspecified atom stereocenters. The lowest BCUT2D eigenvalue weighted by atomic mass is 9.88. The molecule has 1 aromatic rings. The smallest absolute Gasteiger partial charge is 0.338 e. The predicted molar refractivity (Wildman–Crippen MR) is 89.0 cm³/mol. The van der Waals surface area contributed by atoms with Crippen molar-refractivity contribution in [3.8, 4) is 6.07 Å². The summed E-state index contributed by atoms with van der Waals surface area (Å²) in [6.07, 6.45) is 0.666. The van der Waals surface area contributed by atoms with E-state index in [9.17, 15) is 25.0 Å². The summed E-state index contributed by atoms with van der Waals surface area (Å²) in [6, 6.07) is 5.15. The standard InChI is InChI=1S/C16H17N5O4/c1-3-7-18-15(22)20-14(13(9-17)10(2)19-16(20)23)11-5-4-6-12(8-11)21(24)25/h4-6,8,13-14H,3,7H2,1-2H3,(H,18,22). The molecule has 130 valence electrons. The van der Waals surface area contributed by atoms with Crippen LogP contribution in [0.2, 0.25) is 0 Å². The van der Waals surface area contributed by atoms with E-state index in [0.29, 0.717) is 18.5 Å². The highest BCUT2D eigenvalue weighted by atomic mass is 16.6. The van der Waals surface area contributed by atoms with Crippen LogP contribution < -0.4 is 5.32 Å². The van der Waals surface area contributed by atoms with Gasteiger partial charge in [-0.2, -0.15) is 5.26 Å². The second-order valence-corrected chi connectivity index (χ2v) is 5.54. The summed E-state index contributed by atoms with van der Waals surface area (Å²) < 4.78 is 0. The Morgan fingerprint density at radius 1 is 1.52 bits per heavy atom. The third-order valence-corrected chi connectivity index (χ3v) is 3.83. The molecule has 9 nitrogen and oxygen atoms in total. The molecule has 0 radical (unpaired) electrons. The lowest BCUT2D eigenvalue weighted by Gasteiger charge is -2.35. The second kappa shape index (κ2) is 7.53. The van der Waals surface area contributed by atoms with E-state index >= 15 is 0 Å². The summed E-state index contributed by atoms with van der Waals surface area (Å²) in [7, 11) is 0. The number of rotatable bonds is 4. The Morgan fingerprint density at radius 2 is 2.24 bits per heavy atom. The van der Waals surface area contributed by atoms with Gasteiger partial charge < -0.3 is 5.32 Å². The van der Waals surface area contributed by atoms with Gasteiger partial charge in [-0.05, 0) is 18.9 Å². The number of nitrogens with one attached hydrogen (secondary N) is 1. The Hall–Kier alpha value is -3.28. The van der Waals surface area contributed by atoms with Crippen LogP contribution in [0.15, 0.2) is 29.3 Å². The minimum atomic E-state index is -0.980. The lowest BCUT2D eigenvalue weighted by molar-refractivity contribution is -0.385. The first-order valence-electron chi connectivity index (χ1n) is 7.70. The molecule has 0 aromatic heterocycles. The third-order valence-electron chi connectivity index (χ3n) is 3.83. The number of imide groups is 1. The minimum Gasteiger partial charge on any atom is -0.338 e. The minimum absolute atomic E-state index is 0.185. The van der Waals surface area contributed by atoms with Gasteiger partial charge in [0, 0.05) is 24.4 Å². The molecular weight excluding hydrogens is 326 g/mol. The second-order valence-electron chi connectivity index (χ2n) is 5.54. The van der Waals surface area contributed by atoms with Crippen molar-refractivity contribution < 1.29 is 14.5 Å². The van der Waals surface area contributed by atoms with E-state index < -0.39 is 28.9 Å². The van der Waals surface area contributed by atoms with Gasteiger partial charge in [0.05, 0.1) is 17.0 Å². The van der Waals surface area contributed by atoms with Crippen molar-refractivity contribution in [2.24, 2.45) is 10.9 Å². The lowest BCUT2D eigenvalue weighted by Crippen LogP contribution is -2.50. The molecule has 1 aromatic carbocycles. The Morgan fingerprint density at radius 3 is 2.84 bits per heavy atom. The first kappa shape index (κ1) is 18.1. The van der Waals surface area contributed by atoms with Crippen molar-refractivity contribution in [3.05, 3.63) is 39.9 Å². The molecule has 0 aliphatic carbocycles. The molecule has 0 saturated carbocycles. The number of nitriles is 1. The van der Waals surface area contributed by atoms with Gasteiger partial charge in [0.2, 0.25) is 0 Å². The van der Waals surface area contributed by atoms with Crippen LogP contribution >= 0.6 is 0 Å². The fraction of sp³-hybridized carbons (Fsp3) is 0.375. The van der Waals surface area contributed by atoms with E-state index in [1.54, 1.807) is 6.07 Å². The van der Waals surface area contributed by atoms with E-state index in [0.717, 1.165) is 4.90 Å². The molecule has 9 heteroatoms. The number of carbonyl (C=O) groups is 2. The molecule has 1 aliphatic heterocycles. The number of hydrogen-bond donors (Lipinski definition) is 1. The zero-order chi connectivity index (χ0) is 18.6. The van der Waals surface area contributed by atoms with Crippen LogP contribution in [-0.2, 0) is 0 Å². The van der Waals surface area contributed by atoms with Gasteiger partial charge in [0.25, 0.3) is 5.69 Å². The maximum atomic E-state index is 12.4. The number of carbonyl (C=O) groups excluding carboxylic acids is 2. The van der Waals surface area contributed by atoms with Gasteiger partial charge in [-0.15, -0.1) is 0 Å². The first-order valence-corrected chi connectivity index (χ1v) is 7.70. The van der Waals surface area contributed by atoms with Crippen LogP contribution in [0.4, 0.5) is 15.3 Å². The van der Waals surface area contributed by atoms with Crippen molar-refractivity contribution in [2.75, 3.05) is 6.54 Å². The third kappa shape index (κ3) is 3.63. The first-order chi connectivity index (χ1) is 11.9. The highest BCUT2D eigenvalue weighted by Gasteiger charge is 2.42. The average molecular weight is 343 g/mol. The van der Waals surface area contributed by atoms with Gasteiger partial charge >= 0.3 is 12.1 Å². The summed E-state index contributed by atoms with van der Waals surface area (Å²) in [5, 5.41) is 23.1. The summed E-state index contributed by atoms with van der Waals surface area (Å²) in [5.74, 6) is -0.882. The maximum absolute atomic E-state index is 12.4. The Bertz CT molecular complexity index is 783. The molecule has 1 aliphatic rings. The number of non-ortho nitro benzene ring substituents is 1. The number of urea groups is 2. The van der Waals surface area contributed by atoms with E-state index in [2.05, 4.69) is 10.3 Å². The monoisotopic (exact) mass is 343 g/mol. The van der Waals surface area contributed by atoms with E-state index in [4.69, 9.17) is 0 Å². The van der Waals surface area contributed by atoms with Crippen molar-refractivity contribution >= 4 is 23.5 Å². The molecule has 0 saturated heterocycles. The maximum Gasteiger partial charge on any atom is 0.352 e. The molecule has 1 heterocycles. The SMILES string of the molecule is CCCNC(=O)N1C(=O)N=C(C)C(C#N)C1c1cccc([N+](=O)[O-])c1. The summed E-state index contributed by atoms with van der Waals surface area (Å²) >= 11 is 0. The molecular formula is C16H17N5O4. The van der Waals surface area contributed by atoms with Crippen molar-refractivity contribution in [2.45, 2.75) is 26.3 Å². The van der Waals surface area contributed by atoms with Crippen LogP contribution in [0.1, 0.15) is 31.9 Å². The number of benzene rings is 1. The van der Waals surface area contributed by atoms with E-state index in [-0.39, 0.29) is 11.4 Å². The quantitative estimate of drug-likeness (QED) is 0.664. The van der Waals surface area contributed by atoms with Crippen LogP contribution in [-0.4, -0.2) is 34.1 Å². The van der Waals surface area contributed by atoms with Gasteiger partial charge in [-0.1, -0.05) is 19.1 Å². The highest BCUT2D eigenvalue weighted by Crippen LogP contribution is 2.35. The van der Waals surface area contributed by atoms with Crippen LogP contribution in [0, 0.1) is 27.4 Å². The average Bonchev–Trinajstić information content (AvgIpc) is 2.59. The molecule has 2 atom stereocenters. The van der Waals surface area contributed by atoms with E-state index in [1.807, 2.05) is 13.0 Å². The molecule has 0 bridgehead atoms. The van der Waals surface area contributed by atoms with Crippen molar-refractivity contribution in [3.63, 3.8) is 0 Å². The Balaban J connectivity index is 2.54. The topological polar surface area (TPSA) is 129 Å². The molecule has 0 fully saturated rings. The molecule has 4 amide bonds. The molecule has 0 spiro atoms. The summed E-state index contributed by atoms with van der Waals surface area (Å²) in [4.78, 5) is 39.8. The zero-order valence-electron chi connectivity index (χ0n) is 13.8. The normalized spacial score (nSPS) is 19.8. The fourth-order valence-electron chi connectivity index (χ4n) is 2.63. The Labute approximate surface area is 144 Å². The predicted octanol–water partition coefficient (Wildman–Crippen LogP) is 2.79. The number of nitrogens with zero attached hydrogens (tertiary/aromatic N) is 4. The zero-order valence-corrected chi connectivity index (χ0v) is 13.8. The molecule has 2 rings (SSSR count). The van der Waals surface area contributed by atoms with Crippen LogP contribution in [0.5, 0.6) is 0 Å². The van der Waals surface area contributed by atoms with Crippen molar-refractivity contribution in [1.29, 1.82) is 5.26 Å². The van der Waals surface area contributed by atoms with Gasteiger partial charge in [-0.25, -0.2) is 19.5 Å².